The van der Waals surface area contributed by atoms with E-state index in [1.807, 2.05) is 6.92 Å². The van der Waals surface area contributed by atoms with Crippen LogP contribution < -0.4 is 0 Å². The summed E-state index contributed by atoms with van der Waals surface area (Å²) in [5.41, 5.74) is 1.38. The third-order valence-corrected chi connectivity index (χ3v) is 22.3. The first-order valence-corrected chi connectivity index (χ1v) is 27.1. The minimum Gasteiger partial charge on any atom is -0.462 e. The van der Waals surface area contributed by atoms with Gasteiger partial charge in [0.1, 0.15) is 6.10 Å². The Labute approximate surface area is 303 Å². The van der Waals surface area contributed by atoms with Crippen molar-refractivity contribution in [1.82, 2.24) is 0 Å². The van der Waals surface area contributed by atoms with E-state index < -0.39 is 24.0 Å². The van der Waals surface area contributed by atoms with Crippen molar-refractivity contribution in [3.05, 3.63) is 48.0 Å². The average molecular weight is 737 g/mol. The third kappa shape index (κ3) is 14.9. The van der Waals surface area contributed by atoms with Gasteiger partial charge in [-0.3, -0.25) is 9.36 Å². The van der Waals surface area contributed by atoms with Gasteiger partial charge in [-0.15, -0.1) is 0 Å². The topological polar surface area (TPSA) is 71.1 Å². The van der Waals surface area contributed by atoms with Gasteiger partial charge in [-0.05, 0) is 106 Å². The van der Waals surface area contributed by atoms with Crippen LogP contribution in [0.1, 0.15) is 112 Å². The summed E-state index contributed by atoms with van der Waals surface area (Å²) in [5, 5.41) is 0.214. The van der Waals surface area contributed by atoms with Crippen LogP contribution in [0.5, 0.6) is 0 Å². The summed E-state index contributed by atoms with van der Waals surface area (Å²) in [5.74, 6) is 0.213. The molecular formula is C40H73O6PSi2. The molecule has 1 saturated carbocycles. The lowest BCUT2D eigenvalue weighted by atomic mass is 9.85. The molecule has 0 amide bonds. The van der Waals surface area contributed by atoms with Gasteiger partial charge < -0.3 is 18.1 Å². The number of carbonyl (C=O) groups is 1. The maximum Gasteiger partial charge on any atom is 0.302 e. The highest BCUT2D eigenvalue weighted by atomic mass is 31.2. The number of aryl methyl sites for hydroxylation is 1. The monoisotopic (exact) mass is 736 g/mol. The van der Waals surface area contributed by atoms with E-state index in [1.165, 1.54) is 12.5 Å². The lowest BCUT2D eigenvalue weighted by Gasteiger charge is -2.41. The summed E-state index contributed by atoms with van der Waals surface area (Å²) in [6, 6.07) is 10.8. The van der Waals surface area contributed by atoms with Gasteiger partial charge in [-0.1, -0.05) is 84.0 Å². The van der Waals surface area contributed by atoms with Crippen LogP contribution in [0.2, 0.25) is 36.3 Å². The highest BCUT2D eigenvalue weighted by molar-refractivity contribution is 7.58. The maximum atomic E-state index is 12.6. The molecule has 282 valence electrons. The molecule has 1 aliphatic carbocycles. The van der Waals surface area contributed by atoms with Crippen LogP contribution >= 0.6 is 7.37 Å². The Balaban J connectivity index is 2.33. The molecule has 0 bridgehead atoms. The molecule has 0 radical (unpaired) electrons. The molecule has 0 heterocycles. The fraction of sp³-hybridized carbons (Fsp3) is 0.775. The summed E-state index contributed by atoms with van der Waals surface area (Å²) < 4.78 is 38.4. The summed E-state index contributed by atoms with van der Waals surface area (Å²) in [6.45, 7) is 28.9. The van der Waals surface area contributed by atoms with Gasteiger partial charge in [0.05, 0.1) is 12.7 Å². The second-order valence-corrected chi connectivity index (χ2v) is 29.8. The molecule has 6 nitrogen and oxygen atoms in total. The average Bonchev–Trinajstić information content (AvgIpc) is 3.26. The molecule has 6 atom stereocenters. The van der Waals surface area contributed by atoms with Gasteiger partial charge >= 0.3 is 5.97 Å². The molecule has 1 aliphatic rings. The molecule has 0 N–H and O–H groups in total. The quantitative estimate of drug-likeness (QED) is 0.0436. The number of carbonyl (C=O) groups excluding carboxylic acids is 1. The van der Waals surface area contributed by atoms with Crippen molar-refractivity contribution in [2.24, 2.45) is 11.8 Å². The van der Waals surface area contributed by atoms with Crippen molar-refractivity contribution in [3.8, 4) is 0 Å². The number of allylic oxidation sites excluding steroid dienone is 2. The maximum absolute atomic E-state index is 12.6. The Kier molecular flexibility index (Phi) is 17.3. The zero-order valence-electron chi connectivity index (χ0n) is 33.6. The molecular weight excluding hydrogens is 664 g/mol. The molecule has 0 aliphatic heterocycles. The molecule has 9 heteroatoms. The van der Waals surface area contributed by atoms with Crippen LogP contribution in [-0.4, -0.2) is 60.3 Å². The number of rotatable bonds is 20. The smallest absolute Gasteiger partial charge is 0.302 e. The normalized spacial score (nSPS) is 22.7. The van der Waals surface area contributed by atoms with E-state index in [1.54, 1.807) is 6.66 Å². The molecule has 49 heavy (non-hydrogen) atoms. The standard InChI is InChI=1S/C40H73O6PSi2/c1-14-43-47(9,42)30-21-16-15-20-27-35-36(38(31-37(35)44-32(2)41)46-49(12,13)40(6,7)8)29-28-34(45-48(10,11)39(3,4)5)26-22-25-33-23-18-17-19-24-33/h15,17-20,23-24,34-38H,14,16,21-22,25-31H2,1-13H3/t34-,35+,36+,37-,38+,47?/m0/s1. The Morgan fingerprint density at radius 3 is 2.12 bits per heavy atom. The van der Waals surface area contributed by atoms with Crippen molar-refractivity contribution in [2.45, 2.75) is 168 Å². The predicted octanol–water partition coefficient (Wildman–Crippen LogP) is 11.8. The number of benzene rings is 1. The van der Waals surface area contributed by atoms with Crippen LogP contribution in [0.4, 0.5) is 0 Å². The first kappa shape index (κ1) is 44.1. The van der Waals surface area contributed by atoms with Crippen LogP contribution in [0.15, 0.2) is 42.5 Å². The molecule has 1 aromatic carbocycles. The Bertz CT molecular complexity index is 1200. The van der Waals surface area contributed by atoms with Crippen molar-refractivity contribution in [2.75, 3.05) is 19.4 Å². The number of hydrogen-bond donors (Lipinski definition) is 0. The van der Waals surface area contributed by atoms with E-state index in [0.717, 1.165) is 57.8 Å². The van der Waals surface area contributed by atoms with Crippen molar-refractivity contribution in [1.29, 1.82) is 0 Å². The van der Waals surface area contributed by atoms with Gasteiger partial charge in [0, 0.05) is 38.2 Å². The van der Waals surface area contributed by atoms with E-state index >= 15 is 0 Å². The Morgan fingerprint density at radius 2 is 1.55 bits per heavy atom. The van der Waals surface area contributed by atoms with Gasteiger partial charge in [0.25, 0.3) is 0 Å². The largest absolute Gasteiger partial charge is 0.462 e. The fourth-order valence-corrected chi connectivity index (χ4v) is 10.7. The van der Waals surface area contributed by atoms with E-state index in [-0.39, 0.29) is 46.2 Å². The molecule has 0 spiro atoms. The number of ether oxygens (including phenoxy) is 1. The first-order valence-electron chi connectivity index (χ1n) is 19.0. The second-order valence-electron chi connectivity index (χ2n) is 17.6. The number of esters is 1. The minimum absolute atomic E-state index is 0.0404. The van der Waals surface area contributed by atoms with E-state index in [4.69, 9.17) is 18.1 Å². The highest BCUT2D eigenvalue weighted by Crippen LogP contribution is 2.47. The molecule has 1 unspecified atom stereocenters. The molecule has 1 aromatic rings. The lowest BCUT2D eigenvalue weighted by Crippen LogP contribution is -2.45. The fourth-order valence-electron chi connectivity index (χ4n) is 6.51. The minimum atomic E-state index is -2.52. The zero-order valence-corrected chi connectivity index (χ0v) is 36.5. The first-order chi connectivity index (χ1) is 22.6. The molecule has 2 rings (SSSR count). The SMILES string of the molecule is CCOP(C)(=O)CCCC=CC[C@@H]1[C@@H](CC[C@H](CCCc2ccccc2)O[Si](C)(C)C(C)(C)C)[C@H](O[Si](C)(C)C(C)(C)C)C[C@@H]1OC(C)=O. The lowest BCUT2D eigenvalue weighted by molar-refractivity contribution is -0.148. The zero-order chi connectivity index (χ0) is 37.1. The van der Waals surface area contributed by atoms with E-state index in [9.17, 15) is 9.36 Å². The summed E-state index contributed by atoms with van der Waals surface area (Å²) in [4.78, 5) is 12.4. The molecule has 1 fully saturated rings. The van der Waals surface area contributed by atoms with Crippen molar-refractivity contribution in [3.63, 3.8) is 0 Å². The van der Waals surface area contributed by atoms with Crippen LogP contribution in [0, 0.1) is 11.8 Å². The van der Waals surface area contributed by atoms with Crippen LogP contribution in [-0.2, 0) is 33.9 Å². The van der Waals surface area contributed by atoms with E-state index in [2.05, 4.69) is 110 Å². The third-order valence-electron chi connectivity index (χ3n) is 11.4. The Morgan fingerprint density at radius 1 is 0.918 bits per heavy atom. The highest BCUT2D eigenvalue weighted by Gasteiger charge is 2.49. The predicted molar refractivity (Wildman–Crippen MR) is 213 cm³/mol. The molecule has 0 aromatic heterocycles. The summed E-state index contributed by atoms with van der Waals surface area (Å²) in [6.07, 6.45) is 13.5. The van der Waals surface area contributed by atoms with Gasteiger partial charge in [-0.25, -0.2) is 0 Å². The number of unbranched alkanes of at least 4 members (excludes halogenated alkanes) is 1. The van der Waals surface area contributed by atoms with Gasteiger partial charge in [0.2, 0.25) is 0 Å². The van der Waals surface area contributed by atoms with Crippen molar-refractivity contribution >= 4 is 30.0 Å². The van der Waals surface area contributed by atoms with Gasteiger partial charge in [0.15, 0.2) is 24.0 Å². The number of hydrogen-bond acceptors (Lipinski definition) is 6. The molecule has 0 saturated heterocycles. The van der Waals surface area contributed by atoms with Crippen LogP contribution in [0.25, 0.3) is 0 Å². The van der Waals surface area contributed by atoms with Crippen LogP contribution in [0.3, 0.4) is 0 Å². The second kappa shape index (κ2) is 19.2. The van der Waals surface area contributed by atoms with Crippen molar-refractivity contribution < 1.29 is 27.5 Å². The van der Waals surface area contributed by atoms with E-state index in [0.29, 0.717) is 12.8 Å². The summed E-state index contributed by atoms with van der Waals surface area (Å²) >= 11 is 0. The Hall–Kier alpha value is -1.03. The van der Waals surface area contributed by atoms with Gasteiger partial charge in [-0.2, -0.15) is 0 Å². The summed E-state index contributed by atoms with van der Waals surface area (Å²) in [7, 11) is -6.60.